The van der Waals surface area contributed by atoms with Gasteiger partial charge >= 0.3 is 0 Å². The SMILES string of the molecule is C[C-](C)O.[Co]. The van der Waals surface area contributed by atoms with E-state index >= 15 is 0 Å². The Labute approximate surface area is 42.6 Å². The first kappa shape index (κ1) is 9.08. The Balaban J connectivity index is 0. The Bertz CT molecular complexity index is 11.6. The van der Waals surface area contributed by atoms with Crippen molar-refractivity contribution in [2.75, 3.05) is 0 Å². The molecular weight excluding hydrogens is 111 g/mol. The monoisotopic (exact) mass is 118 g/mol. The number of aliphatic hydroxyl groups excluding tert-OH is 1. The van der Waals surface area contributed by atoms with Crippen molar-refractivity contribution >= 4 is 0 Å². The summed E-state index contributed by atoms with van der Waals surface area (Å²) >= 11 is 0. The van der Waals surface area contributed by atoms with E-state index in [0.717, 1.165) is 0 Å². The van der Waals surface area contributed by atoms with Gasteiger partial charge in [0.25, 0.3) is 0 Å². The standard InChI is InChI=1S/C3H7O.Co/c1-3(2)4;/h4H,1-2H3;/q-1;. The van der Waals surface area contributed by atoms with Gasteiger partial charge in [-0.25, -0.2) is 6.10 Å². The second-order valence-corrected chi connectivity index (χ2v) is 0.947. The fraction of sp³-hybridized carbons (Fsp3) is 0.667. The largest absolute Gasteiger partial charge is 0.563 e. The van der Waals surface area contributed by atoms with Gasteiger partial charge in [0.15, 0.2) is 0 Å². The van der Waals surface area contributed by atoms with Crippen LogP contribution in [0.2, 0.25) is 0 Å². The van der Waals surface area contributed by atoms with Crippen molar-refractivity contribution in [3.63, 3.8) is 0 Å². The molecular formula is C3H7CoO-. The molecule has 0 aliphatic rings. The Morgan fingerprint density at radius 3 is 1.40 bits per heavy atom. The fourth-order valence-electron chi connectivity index (χ4n) is 0. The molecule has 0 rings (SSSR count). The van der Waals surface area contributed by atoms with Crippen molar-refractivity contribution < 1.29 is 21.9 Å². The third kappa shape index (κ3) is 125. The van der Waals surface area contributed by atoms with E-state index in [0.29, 0.717) is 6.10 Å². The van der Waals surface area contributed by atoms with Crippen molar-refractivity contribution in [3.8, 4) is 0 Å². The van der Waals surface area contributed by atoms with Crippen LogP contribution in [0.25, 0.3) is 0 Å². The maximum atomic E-state index is 7.97. The predicted molar refractivity (Wildman–Crippen MR) is 16.5 cm³/mol. The zero-order chi connectivity index (χ0) is 3.58. The summed E-state index contributed by atoms with van der Waals surface area (Å²) in [5, 5.41) is 7.97. The molecule has 1 nitrogen and oxygen atoms in total. The molecule has 0 aromatic carbocycles. The number of rotatable bonds is 0. The molecule has 1 radical (unpaired) electrons. The van der Waals surface area contributed by atoms with Gasteiger partial charge in [-0.3, -0.25) is 0 Å². The van der Waals surface area contributed by atoms with Crippen LogP contribution in [-0.2, 0) is 16.8 Å². The first-order valence-electron chi connectivity index (χ1n) is 1.22. The van der Waals surface area contributed by atoms with Crippen molar-refractivity contribution in [3.05, 3.63) is 6.10 Å². The van der Waals surface area contributed by atoms with E-state index in [4.69, 9.17) is 5.11 Å². The van der Waals surface area contributed by atoms with Crippen LogP contribution in [0.3, 0.4) is 0 Å². The third-order valence-corrected chi connectivity index (χ3v) is 0. The van der Waals surface area contributed by atoms with Gasteiger partial charge in [-0.15, -0.1) is 0 Å². The zero-order valence-electron chi connectivity index (χ0n) is 3.28. The van der Waals surface area contributed by atoms with Gasteiger partial charge in [0.1, 0.15) is 0 Å². The third-order valence-electron chi connectivity index (χ3n) is 0. The summed E-state index contributed by atoms with van der Waals surface area (Å²) < 4.78 is 0. The molecule has 0 fully saturated rings. The van der Waals surface area contributed by atoms with E-state index in [1.165, 1.54) is 0 Å². The van der Waals surface area contributed by atoms with E-state index in [9.17, 15) is 0 Å². The maximum absolute atomic E-state index is 7.97. The fourth-order valence-corrected chi connectivity index (χ4v) is 0. The molecule has 0 aliphatic carbocycles. The molecule has 0 amide bonds. The minimum absolute atomic E-state index is 0. The molecule has 2 heteroatoms. The van der Waals surface area contributed by atoms with Crippen LogP contribution in [-0.4, -0.2) is 5.11 Å². The molecule has 0 aliphatic heterocycles. The van der Waals surface area contributed by atoms with Crippen molar-refractivity contribution in [2.45, 2.75) is 13.8 Å². The first-order chi connectivity index (χ1) is 1.73. The Morgan fingerprint density at radius 2 is 1.40 bits per heavy atom. The van der Waals surface area contributed by atoms with Crippen LogP contribution in [0.5, 0.6) is 0 Å². The van der Waals surface area contributed by atoms with Gasteiger partial charge in [-0.2, -0.15) is 13.8 Å². The quantitative estimate of drug-likeness (QED) is 0.469. The summed E-state index contributed by atoms with van der Waals surface area (Å²) in [5.74, 6) is 0. The molecule has 0 spiro atoms. The minimum atomic E-state index is 0. The van der Waals surface area contributed by atoms with Gasteiger partial charge < -0.3 is 5.11 Å². The van der Waals surface area contributed by atoms with E-state index in [-0.39, 0.29) is 16.8 Å². The van der Waals surface area contributed by atoms with E-state index in [1.54, 1.807) is 13.8 Å². The van der Waals surface area contributed by atoms with Crippen molar-refractivity contribution in [1.29, 1.82) is 0 Å². The van der Waals surface area contributed by atoms with Crippen LogP contribution < -0.4 is 0 Å². The van der Waals surface area contributed by atoms with Crippen molar-refractivity contribution in [1.82, 2.24) is 0 Å². The average Bonchev–Trinajstić information content (AvgIpc) is 0.811. The average molecular weight is 118 g/mol. The van der Waals surface area contributed by atoms with Gasteiger partial charge in [0, 0.05) is 16.8 Å². The van der Waals surface area contributed by atoms with E-state index in [2.05, 4.69) is 0 Å². The van der Waals surface area contributed by atoms with E-state index in [1.807, 2.05) is 0 Å². The van der Waals surface area contributed by atoms with Crippen molar-refractivity contribution in [2.24, 2.45) is 0 Å². The summed E-state index contributed by atoms with van der Waals surface area (Å²) in [6, 6.07) is 0. The first-order valence-corrected chi connectivity index (χ1v) is 1.22. The summed E-state index contributed by atoms with van der Waals surface area (Å²) in [5.41, 5.74) is 0. The Hall–Kier alpha value is 0.466. The van der Waals surface area contributed by atoms with E-state index < -0.39 is 0 Å². The maximum Gasteiger partial charge on any atom is 0 e. The van der Waals surface area contributed by atoms with Crippen LogP contribution in [0, 0.1) is 6.10 Å². The summed E-state index contributed by atoms with van der Waals surface area (Å²) in [6.07, 6.45) is 0.417. The molecule has 0 bridgehead atoms. The molecule has 0 saturated heterocycles. The second-order valence-electron chi connectivity index (χ2n) is 0.947. The number of hydrogen-bond donors (Lipinski definition) is 1. The van der Waals surface area contributed by atoms with Crippen LogP contribution in [0.4, 0.5) is 0 Å². The normalized spacial score (nSPS) is 7.20. The summed E-state index contributed by atoms with van der Waals surface area (Å²) in [7, 11) is 0. The minimum Gasteiger partial charge on any atom is -0.563 e. The molecule has 0 unspecified atom stereocenters. The smallest absolute Gasteiger partial charge is 0 e. The molecule has 0 heterocycles. The zero-order valence-corrected chi connectivity index (χ0v) is 4.32. The molecule has 0 saturated carbocycles. The van der Waals surface area contributed by atoms with Crippen LogP contribution in [0.1, 0.15) is 13.8 Å². The van der Waals surface area contributed by atoms with Gasteiger partial charge in [-0.05, 0) is 0 Å². The number of hydrogen-bond acceptors (Lipinski definition) is 1. The molecule has 0 aromatic heterocycles. The summed E-state index contributed by atoms with van der Waals surface area (Å²) in [4.78, 5) is 0. The van der Waals surface area contributed by atoms with Gasteiger partial charge in [0.2, 0.25) is 0 Å². The van der Waals surface area contributed by atoms with Gasteiger partial charge in [-0.1, -0.05) is 0 Å². The van der Waals surface area contributed by atoms with Crippen LogP contribution >= 0.6 is 0 Å². The molecule has 0 aromatic rings. The number of aliphatic hydroxyl groups is 1. The Morgan fingerprint density at radius 1 is 1.40 bits per heavy atom. The summed E-state index contributed by atoms with van der Waals surface area (Å²) in [6.45, 7) is 3.28. The Kier molecular flexibility index (Phi) is 8.11. The predicted octanol–water partition coefficient (Wildman–Crippen LogP) is 0.928. The van der Waals surface area contributed by atoms with Gasteiger partial charge in [0.05, 0.1) is 0 Å². The molecule has 0 atom stereocenters. The molecule has 5 heavy (non-hydrogen) atoms. The topological polar surface area (TPSA) is 20.2 Å². The van der Waals surface area contributed by atoms with Crippen LogP contribution in [0.15, 0.2) is 0 Å². The second kappa shape index (κ2) is 4.47. The molecule has 1 N–H and O–H groups in total. The molecule has 35 valence electrons.